The molecule has 0 bridgehead atoms. The second kappa shape index (κ2) is 6.67. The molecule has 5 nitrogen and oxygen atoms in total. The fraction of sp³-hybridized carbons (Fsp3) is 0.273. The molecular formula is C22H21N3O2. The molecule has 27 heavy (non-hydrogen) atoms. The Morgan fingerprint density at radius 3 is 2.89 bits per heavy atom. The average molecular weight is 359 g/mol. The largest absolute Gasteiger partial charge is 0.377 e. The van der Waals surface area contributed by atoms with Crippen LogP contribution in [0.15, 0.2) is 48.7 Å². The van der Waals surface area contributed by atoms with Gasteiger partial charge in [0.05, 0.1) is 19.4 Å². The number of benzene rings is 2. The summed E-state index contributed by atoms with van der Waals surface area (Å²) in [7, 11) is 0. The summed E-state index contributed by atoms with van der Waals surface area (Å²) >= 11 is 0. The molecule has 5 rings (SSSR count). The maximum atomic E-state index is 13.0. The normalized spacial score (nSPS) is 16.9. The summed E-state index contributed by atoms with van der Waals surface area (Å²) in [5, 5.41) is 9.35. The van der Waals surface area contributed by atoms with E-state index in [9.17, 15) is 4.79 Å². The third-order valence-electron chi connectivity index (χ3n) is 5.51. The molecule has 1 amide bonds. The molecule has 2 aromatic carbocycles. The highest BCUT2D eigenvalue weighted by Crippen LogP contribution is 2.26. The SMILES string of the molecule is O=C(c1ccc2cc(C3=CCOCC3)ccc2c1)N1CCc2[nH]ncc2C1. The number of carbonyl (C=O) groups excluding carboxylic acids is 1. The van der Waals surface area contributed by atoms with Crippen molar-refractivity contribution in [3.63, 3.8) is 0 Å². The molecule has 0 saturated heterocycles. The van der Waals surface area contributed by atoms with Crippen LogP contribution in [-0.4, -0.2) is 40.8 Å². The van der Waals surface area contributed by atoms with Crippen LogP contribution in [0.1, 0.15) is 33.6 Å². The summed E-state index contributed by atoms with van der Waals surface area (Å²) in [5.74, 6) is 0.0833. The van der Waals surface area contributed by atoms with E-state index in [1.807, 2.05) is 23.2 Å². The molecule has 3 aromatic rings. The first-order valence-corrected chi connectivity index (χ1v) is 9.39. The first kappa shape index (κ1) is 16.3. The lowest BCUT2D eigenvalue weighted by atomic mass is 9.97. The second-order valence-corrected chi connectivity index (χ2v) is 7.18. The average Bonchev–Trinajstić information content (AvgIpc) is 3.21. The minimum absolute atomic E-state index is 0.0833. The van der Waals surface area contributed by atoms with Gasteiger partial charge in [-0.2, -0.15) is 5.10 Å². The highest BCUT2D eigenvalue weighted by atomic mass is 16.5. The van der Waals surface area contributed by atoms with Crippen molar-refractivity contribution in [1.82, 2.24) is 15.1 Å². The van der Waals surface area contributed by atoms with E-state index in [2.05, 4.69) is 40.5 Å². The van der Waals surface area contributed by atoms with Gasteiger partial charge >= 0.3 is 0 Å². The molecule has 1 N–H and O–H groups in total. The fourth-order valence-corrected chi connectivity index (χ4v) is 3.95. The lowest BCUT2D eigenvalue weighted by Gasteiger charge is -2.26. The second-order valence-electron chi connectivity index (χ2n) is 7.18. The zero-order chi connectivity index (χ0) is 18.2. The predicted molar refractivity (Wildman–Crippen MR) is 104 cm³/mol. The first-order chi connectivity index (χ1) is 13.3. The summed E-state index contributed by atoms with van der Waals surface area (Å²) in [6, 6.07) is 12.5. The molecule has 5 heteroatoms. The summed E-state index contributed by atoms with van der Waals surface area (Å²) < 4.78 is 5.40. The highest BCUT2D eigenvalue weighted by Gasteiger charge is 2.23. The summed E-state index contributed by atoms with van der Waals surface area (Å²) in [6.45, 7) is 2.82. The van der Waals surface area contributed by atoms with Crippen LogP contribution in [0.25, 0.3) is 16.3 Å². The van der Waals surface area contributed by atoms with E-state index in [1.54, 1.807) is 0 Å². The van der Waals surface area contributed by atoms with Crippen molar-refractivity contribution in [2.45, 2.75) is 19.4 Å². The van der Waals surface area contributed by atoms with Crippen LogP contribution < -0.4 is 0 Å². The van der Waals surface area contributed by atoms with Crippen molar-refractivity contribution >= 4 is 22.3 Å². The molecule has 0 fully saturated rings. The maximum absolute atomic E-state index is 13.0. The van der Waals surface area contributed by atoms with Gasteiger partial charge in [0.25, 0.3) is 5.91 Å². The van der Waals surface area contributed by atoms with Crippen molar-refractivity contribution < 1.29 is 9.53 Å². The minimum Gasteiger partial charge on any atom is -0.377 e. The summed E-state index contributed by atoms with van der Waals surface area (Å²) in [5.41, 5.74) is 5.59. The zero-order valence-electron chi connectivity index (χ0n) is 15.1. The van der Waals surface area contributed by atoms with Crippen molar-refractivity contribution in [2.75, 3.05) is 19.8 Å². The Hall–Kier alpha value is -2.92. The van der Waals surface area contributed by atoms with E-state index < -0.39 is 0 Å². The van der Waals surface area contributed by atoms with Crippen LogP contribution in [0, 0.1) is 0 Å². The van der Waals surface area contributed by atoms with Crippen molar-refractivity contribution in [1.29, 1.82) is 0 Å². The number of rotatable bonds is 2. The molecule has 2 aliphatic rings. The van der Waals surface area contributed by atoms with Crippen molar-refractivity contribution in [2.24, 2.45) is 0 Å². The van der Waals surface area contributed by atoms with Crippen LogP contribution in [-0.2, 0) is 17.7 Å². The van der Waals surface area contributed by atoms with Gasteiger partial charge in [-0.15, -0.1) is 0 Å². The lowest BCUT2D eigenvalue weighted by Crippen LogP contribution is -2.35. The molecule has 0 aliphatic carbocycles. The third kappa shape index (κ3) is 3.04. The predicted octanol–water partition coefficient (Wildman–Crippen LogP) is 3.57. The third-order valence-corrected chi connectivity index (χ3v) is 5.51. The van der Waals surface area contributed by atoms with Gasteiger partial charge in [-0.05, 0) is 46.5 Å². The van der Waals surface area contributed by atoms with E-state index in [4.69, 9.17) is 4.74 Å². The van der Waals surface area contributed by atoms with E-state index >= 15 is 0 Å². The van der Waals surface area contributed by atoms with E-state index in [0.29, 0.717) is 13.2 Å². The summed E-state index contributed by atoms with van der Waals surface area (Å²) in [4.78, 5) is 14.9. The molecule has 0 atom stereocenters. The van der Waals surface area contributed by atoms with E-state index in [1.165, 1.54) is 11.1 Å². The lowest BCUT2D eigenvalue weighted by molar-refractivity contribution is 0.0734. The zero-order valence-corrected chi connectivity index (χ0v) is 15.1. The molecule has 0 spiro atoms. The monoisotopic (exact) mass is 359 g/mol. The Bertz CT molecular complexity index is 1050. The molecule has 0 radical (unpaired) electrons. The Morgan fingerprint density at radius 1 is 1.11 bits per heavy atom. The van der Waals surface area contributed by atoms with Gasteiger partial charge in [0, 0.05) is 36.3 Å². The maximum Gasteiger partial charge on any atom is 0.254 e. The fourth-order valence-electron chi connectivity index (χ4n) is 3.95. The molecular weight excluding hydrogens is 338 g/mol. The number of amides is 1. The van der Waals surface area contributed by atoms with Gasteiger partial charge in [-0.1, -0.05) is 24.3 Å². The number of aromatic amines is 1. The van der Waals surface area contributed by atoms with Crippen molar-refractivity contribution in [3.8, 4) is 0 Å². The van der Waals surface area contributed by atoms with Gasteiger partial charge < -0.3 is 9.64 Å². The Labute approximate surface area is 157 Å². The van der Waals surface area contributed by atoms with Crippen LogP contribution in [0.4, 0.5) is 0 Å². The molecule has 0 saturated carbocycles. The van der Waals surface area contributed by atoms with Crippen LogP contribution in [0.3, 0.4) is 0 Å². The number of fused-ring (bicyclic) bond motifs is 2. The molecule has 136 valence electrons. The number of nitrogens with zero attached hydrogens (tertiary/aromatic N) is 2. The number of hydrogen-bond acceptors (Lipinski definition) is 3. The van der Waals surface area contributed by atoms with Gasteiger partial charge in [-0.25, -0.2) is 0 Å². The van der Waals surface area contributed by atoms with E-state index in [-0.39, 0.29) is 5.91 Å². The number of ether oxygens (including phenoxy) is 1. The molecule has 0 unspecified atom stereocenters. The number of carbonyl (C=O) groups is 1. The highest BCUT2D eigenvalue weighted by molar-refractivity contribution is 5.99. The van der Waals surface area contributed by atoms with Gasteiger partial charge in [0.15, 0.2) is 0 Å². The number of H-pyrrole nitrogens is 1. The van der Waals surface area contributed by atoms with Gasteiger partial charge in [0.1, 0.15) is 0 Å². The van der Waals surface area contributed by atoms with Gasteiger partial charge in [-0.3, -0.25) is 9.89 Å². The Kier molecular flexibility index (Phi) is 4.02. The number of hydrogen-bond donors (Lipinski definition) is 1. The van der Waals surface area contributed by atoms with Crippen LogP contribution >= 0.6 is 0 Å². The standard InChI is InChI=1S/C22H21N3O2/c26-22(25-8-5-21-20(14-25)13-23-24-21)19-4-3-17-11-16(1-2-18(17)12-19)15-6-9-27-10-7-15/h1-4,6,11-13H,5,7-10,14H2,(H,23,24). The Morgan fingerprint density at radius 2 is 2.00 bits per heavy atom. The molecule has 3 heterocycles. The Balaban J connectivity index is 1.41. The van der Waals surface area contributed by atoms with Crippen molar-refractivity contribution in [3.05, 3.63) is 71.1 Å². The summed E-state index contributed by atoms with van der Waals surface area (Å²) in [6.07, 6.45) is 5.76. The molecule has 2 aliphatic heterocycles. The van der Waals surface area contributed by atoms with Crippen LogP contribution in [0.2, 0.25) is 0 Å². The quantitative estimate of drug-likeness (QED) is 0.761. The number of nitrogens with one attached hydrogen (secondary N) is 1. The topological polar surface area (TPSA) is 58.2 Å². The number of aromatic nitrogens is 2. The smallest absolute Gasteiger partial charge is 0.254 e. The first-order valence-electron chi connectivity index (χ1n) is 9.39. The van der Waals surface area contributed by atoms with Gasteiger partial charge in [0.2, 0.25) is 0 Å². The molecule has 1 aromatic heterocycles. The van der Waals surface area contributed by atoms with Crippen LogP contribution in [0.5, 0.6) is 0 Å². The minimum atomic E-state index is 0.0833. The van der Waals surface area contributed by atoms with E-state index in [0.717, 1.165) is 53.6 Å².